The highest BCUT2D eigenvalue weighted by molar-refractivity contribution is 5.30. The van der Waals surface area contributed by atoms with Gasteiger partial charge in [-0.3, -0.25) is 0 Å². The first-order chi connectivity index (χ1) is 4.35. The molecule has 0 aromatic rings. The van der Waals surface area contributed by atoms with Crippen LogP contribution in [-0.4, -0.2) is 0 Å². The number of allylic oxidation sites excluding steroid dienone is 4. The first kappa shape index (κ1) is 7.78. The minimum absolute atomic E-state index is 0.753. The zero-order valence-electron chi connectivity index (χ0n) is 5.43. The molecule has 0 unspecified atom stereocenters. The van der Waals surface area contributed by atoms with Crippen LogP contribution < -0.4 is 0 Å². The Bertz CT molecular complexity index is 165. The predicted molar refractivity (Wildman–Crippen MR) is 41.9 cm³/mol. The lowest BCUT2D eigenvalue weighted by Gasteiger charge is -1.87. The molecule has 0 radical (unpaired) electrons. The van der Waals surface area contributed by atoms with E-state index in [-0.39, 0.29) is 0 Å². The second-order valence-corrected chi connectivity index (χ2v) is 1.56. The van der Waals surface area contributed by atoms with Crippen molar-refractivity contribution < 1.29 is 0 Å². The summed E-state index contributed by atoms with van der Waals surface area (Å²) >= 11 is 0. The van der Waals surface area contributed by atoms with Gasteiger partial charge < -0.3 is 0 Å². The van der Waals surface area contributed by atoms with Crippen molar-refractivity contribution in [2.45, 2.75) is 6.42 Å². The maximum atomic E-state index is 5.13. The van der Waals surface area contributed by atoms with E-state index in [4.69, 9.17) is 6.42 Å². The quantitative estimate of drug-likeness (QED) is 0.303. The SMILES string of the molecule is C#CC(=CC=C)CC=C. The third-order valence-corrected chi connectivity index (χ3v) is 0.869. The van der Waals surface area contributed by atoms with Gasteiger partial charge in [-0.05, 0) is 6.42 Å². The van der Waals surface area contributed by atoms with Crippen LogP contribution in [0.25, 0.3) is 0 Å². The van der Waals surface area contributed by atoms with Gasteiger partial charge in [-0.15, -0.1) is 13.0 Å². The van der Waals surface area contributed by atoms with E-state index in [9.17, 15) is 0 Å². The van der Waals surface area contributed by atoms with Gasteiger partial charge >= 0.3 is 0 Å². The largest absolute Gasteiger partial charge is 0.115 e. The Hall–Kier alpha value is -1.22. The molecule has 0 rings (SSSR count). The van der Waals surface area contributed by atoms with Crippen LogP contribution in [0.5, 0.6) is 0 Å². The van der Waals surface area contributed by atoms with Gasteiger partial charge in [0.25, 0.3) is 0 Å². The molecule has 0 saturated carbocycles. The van der Waals surface area contributed by atoms with Gasteiger partial charge in [0.05, 0.1) is 0 Å². The van der Waals surface area contributed by atoms with E-state index in [1.807, 2.05) is 6.08 Å². The summed E-state index contributed by atoms with van der Waals surface area (Å²) in [4.78, 5) is 0. The Morgan fingerprint density at radius 1 is 1.56 bits per heavy atom. The zero-order chi connectivity index (χ0) is 7.11. The molecule has 0 N–H and O–H groups in total. The molecule has 0 aromatic heterocycles. The molecule has 0 aliphatic carbocycles. The molecule has 0 atom stereocenters. The van der Waals surface area contributed by atoms with Crippen LogP contribution in [0, 0.1) is 12.3 Å². The number of hydrogen-bond donors (Lipinski definition) is 0. The first-order valence-corrected chi connectivity index (χ1v) is 2.74. The normalized spacial score (nSPS) is 9.89. The summed E-state index contributed by atoms with van der Waals surface area (Å²) in [5, 5.41) is 0. The highest BCUT2D eigenvalue weighted by Gasteiger charge is 1.82. The van der Waals surface area contributed by atoms with E-state index in [1.54, 1.807) is 12.2 Å². The van der Waals surface area contributed by atoms with Gasteiger partial charge in [-0.2, -0.15) is 0 Å². The van der Waals surface area contributed by atoms with Gasteiger partial charge in [0.1, 0.15) is 0 Å². The Balaban J connectivity index is 4.00. The predicted octanol–water partition coefficient (Wildman–Crippen LogP) is 2.31. The lowest BCUT2D eigenvalue weighted by Crippen LogP contribution is -1.71. The molecule has 0 nitrogen and oxygen atoms in total. The molecule has 9 heavy (non-hydrogen) atoms. The molecule has 0 aliphatic heterocycles. The van der Waals surface area contributed by atoms with Crippen molar-refractivity contribution >= 4 is 0 Å². The first-order valence-electron chi connectivity index (χ1n) is 2.74. The molecule has 0 heterocycles. The number of terminal acetylenes is 1. The van der Waals surface area contributed by atoms with Crippen molar-refractivity contribution in [3.05, 3.63) is 37.0 Å². The summed E-state index contributed by atoms with van der Waals surface area (Å²) in [6.45, 7) is 7.08. The molecule has 46 valence electrons. The zero-order valence-corrected chi connectivity index (χ0v) is 5.43. The van der Waals surface area contributed by atoms with Crippen LogP contribution in [0.2, 0.25) is 0 Å². The average molecular weight is 118 g/mol. The van der Waals surface area contributed by atoms with Crippen molar-refractivity contribution in [3.8, 4) is 12.3 Å². The molecule has 0 bridgehead atoms. The second-order valence-electron chi connectivity index (χ2n) is 1.56. The number of hydrogen-bond acceptors (Lipinski definition) is 0. The molecule has 0 amide bonds. The minimum atomic E-state index is 0.753. The molecule has 0 aromatic carbocycles. The van der Waals surface area contributed by atoms with E-state index in [0.717, 1.165) is 12.0 Å². The van der Waals surface area contributed by atoms with Crippen molar-refractivity contribution in [1.82, 2.24) is 0 Å². The molecule has 0 spiro atoms. The average Bonchev–Trinajstić information content (AvgIpc) is 1.88. The molecule has 0 saturated heterocycles. The third-order valence-electron chi connectivity index (χ3n) is 0.869. The van der Waals surface area contributed by atoms with Crippen LogP contribution in [0.4, 0.5) is 0 Å². The monoisotopic (exact) mass is 118 g/mol. The maximum absolute atomic E-state index is 5.13. The fourth-order valence-corrected chi connectivity index (χ4v) is 0.473. The lowest BCUT2D eigenvalue weighted by atomic mass is 10.2. The molecule has 0 fully saturated rings. The van der Waals surface area contributed by atoms with E-state index < -0.39 is 0 Å². The molecule has 0 heteroatoms. The molecular formula is C9H10. The molecular weight excluding hydrogens is 108 g/mol. The topological polar surface area (TPSA) is 0 Å². The highest BCUT2D eigenvalue weighted by Crippen LogP contribution is 1.98. The van der Waals surface area contributed by atoms with Crippen LogP contribution in [0.1, 0.15) is 6.42 Å². The van der Waals surface area contributed by atoms with Crippen LogP contribution >= 0.6 is 0 Å². The van der Waals surface area contributed by atoms with Crippen LogP contribution in [0.15, 0.2) is 37.0 Å². The summed E-state index contributed by atoms with van der Waals surface area (Å²) < 4.78 is 0. The summed E-state index contributed by atoms with van der Waals surface area (Å²) in [6, 6.07) is 0. The summed E-state index contributed by atoms with van der Waals surface area (Å²) in [6.07, 6.45) is 11.1. The Morgan fingerprint density at radius 2 is 2.22 bits per heavy atom. The van der Waals surface area contributed by atoms with Gasteiger partial charge in [-0.25, -0.2) is 0 Å². The smallest absolute Gasteiger partial charge is 0.00549 e. The van der Waals surface area contributed by atoms with Crippen molar-refractivity contribution in [2.75, 3.05) is 0 Å². The Morgan fingerprint density at radius 3 is 2.56 bits per heavy atom. The van der Waals surface area contributed by atoms with Gasteiger partial charge in [0.2, 0.25) is 0 Å². The van der Waals surface area contributed by atoms with E-state index in [0.29, 0.717) is 0 Å². The minimum Gasteiger partial charge on any atom is -0.115 e. The van der Waals surface area contributed by atoms with Crippen molar-refractivity contribution in [3.63, 3.8) is 0 Å². The number of rotatable bonds is 3. The second kappa shape index (κ2) is 4.93. The standard InChI is InChI=1S/C9H10/c1-4-7-9(6-3)8-5-2/h3-5,7H,1-2,8H2. The van der Waals surface area contributed by atoms with Gasteiger partial charge in [0, 0.05) is 5.57 Å². The van der Waals surface area contributed by atoms with Crippen molar-refractivity contribution in [2.24, 2.45) is 0 Å². The van der Waals surface area contributed by atoms with E-state index in [1.165, 1.54) is 0 Å². The summed E-state index contributed by atoms with van der Waals surface area (Å²) in [5.41, 5.74) is 0.917. The van der Waals surface area contributed by atoms with E-state index in [2.05, 4.69) is 19.1 Å². The van der Waals surface area contributed by atoms with E-state index >= 15 is 0 Å². The summed E-state index contributed by atoms with van der Waals surface area (Å²) in [7, 11) is 0. The van der Waals surface area contributed by atoms with Crippen LogP contribution in [0.3, 0.4) is 0 Å². The molecule has 0 aliphatic rings. The highest BCUT2D eigenvalue weighted by atomic mass is 13.9. The lowest BCUT2D eigenvalue weighted by molar-refractivity contribution is 1.32. The fourth-order valence-electron chi connectivity index (χ4n) is 0.473. The van der Waals surface area contributed by atoms with Gasteiger partial charge in [0.15, 0.2) is 0 Å². The Kier molecular flexibility index (Phi) is 4.26. The van der Waals surface area contributed by atoms with Crippen molar-refractivity contribution in [1.29, 1.82) is 0 Å². The Labute approximate surface area is 56.6 Å². The summed E-state index contributed by atoms with van der Waals surface area (Å²) in [5.74, 6) is 2.52. The maximum Gasteiger partial charge on any atom is 0.00549 e. The third kappa shape index (κ3) is 3.37. The van der Waals surface area contributed by atoms with Crippen LogP contribution in [-0.2, 0) is 0 Å². The fraction of sp³-hybridized carbons (Fsp3) is 0.111. The van der Waals surface area contributed by atoms with Gasteiger partial charge in [-0.1, -0.05) is 30.7 Å².